The van der Waals surface area contributed by atoms with Crippen LogP contribution in [0.2, 0.25) is 0 Å². The summed E-state index contributed by atoms with van der Waals surface area (Å²) in [5, 5.41) is 12.6. The van der Waals surface area contributed by atoms with Crippen molar-refractivity contribution in [2.75, 3.05) is 29.9 Å². The molecule has 3 heterocycles. The maximum atomic E-state index is 13.5. The predicted octanol–water partition coefficient (Wildman–Crippen LogP) is 5.23. The molecule has 35 heavy (non-hydrogen) atoms. The van der Waals surface area contributed by atoms with E-state index in [4.69, 9.17) is 4.74 Å². The first-order valence-corrected chi connectivity index (χ1v) is 13.4. The SMILES string of the molecule is Cc1ccc(NC(=O)[C@H](Sc2nnc(N3CCCCC3)n2C[C@@H]2CCCO2)c2ccccc2)cc1. The molecule has 0 unspecified atom stereocenters. The molecule has 0 saturated carbocycles. The van der Waals surface area contributed by atoms with E-state index in [1.807, 2.05) is 61.5 Å². The fourth-order valence-corrected chi connectivity index (χ4v) is 5.74. The Labute approximate surface area is 211 Å². The Morgan fingerprint density at radius 1 is 1.06 bits per heavy atom. The average molecular weight is 492 g/mol. The highest BCUT2D eigenvalue weighted by Gasteiger charge is 2.29. The zero-order valence-corrected chi connectivity index (χ0v) is 21.0. The van der Waals surface area contributed by atoms with Crippen LogP contribution in [0.5, 0.6) is 0 Å². The molecular weight excluding hydrogens is 458 g/mol. The summed E-state index contributed by atoms with van der Waals surface area (Å²) < 4.78 is 8.15. The molecule has 3 aromatic rings. The van der Waals surface area contributed by atoms with Gasteiger partial charge in [0.2, 0.25) is 11.9 Å². The van der Waals surface area contributed by atoms with Gasteiger partial charge in [-0.25, -0.2) is 0 Å². The molecule has 2 atom stereocenters. The van der Waals surface area contributed by atoms with E-state index in [1.165, 1.54) is 31.0 Å². The highest BCUT2D eigenvalue weighted by Crippen LogP contribution is 2.37. The first-order valence-electron chi connectivity index (χ1n) is 12.6. The monoisotopic (exact) mass is 491 g/mol. The van der Waals surface area contributed by atoms with Crippen molar-refractivity contribution in [1.82, 2.24) is 14.8 Å². The zero-order valence-electron chi connectivity index (χ0n) is 20.2. The van der Waals surface area contributed by atoms with Gasteiger partial charge in [0, 0.05) is 25.4 Å². The number of rotatable bonds is 8. The largest absolute Gasteiger partial charge is 0.376 e. The van der Waals surface area contributed by atoms with E-state index in [2.05, 4.69) is 25.0 Å². The smallest absolute Gasteiger partial charge is 0.242 e. The van der Waals surface area contributed by atoms with Gasteiger partial charge >= 0.3 is 0 Å². The van der Waals surface area contributed by atoms with Crippen LogP contribution in [0.4, 0.5) is 11.6 Å². The fourth-order valence-electron chi connectivity index (χ4n) is 4.70. The number of nitrogens with zero attached hydrogens (tertiary/aromatic N) is 4. The number of amides is 1. The summed E-state index contributed by atoms with van der Waals surface area (Å²) in [7, 11) is 0. The van der Waals surface area contributed by atoms with Crippen molar-refractivity contribution >= 4 is 29.3 Å². The van der Waals surface area contributed by atoms with Gasteiger partial charge in [-0.2, -0.15) is 0 Å². The minimum absolute atomic E-state index is 0.0729. The van der Waals surface area contributed by atoms with E-state index in [0.29, 0.717) is 6.54 Å². The summed E-state index contributed by atoms with van der Waals surface area (Å²) in [6, 6.07) is 17.8. The molecule has 2 aliphatic rings. The van der Waals surface area contributed by atoms with Crippen molar-refractivity contribution in [1.29, 1.82) is 0 Å². The van der Waals surface area contributed by atoms with Crippen molar-refractivity contribution in [3.8, 4) is 0 Å². The van der Waals surface area contributed by atoms with Gasteiger partial charge in [0.25, 0.3) is 0 Å². The van der Waals surface area contributed by atoms with Crippen LogP contribution in [-0.4, -0.2) is 46.5 Å². The number of aryl methyl sites for hydroxylation is 1. The number of anilines is 2. The molecule has 5 rings (SSSR count). The van der Waals surface area contributed by atoms with Crippen LogP contribution >= 0.6 is 11.8 Å². The number of hydrogen-bond acceptors (Lipinski definition) is 6. The zero-order chi connectivity index (χ0) is 24.0. The lowest BCUT2D eigenvalue weighted by molar-refractivity contribution is -0.115. The van der Waals surface area contributed by atoms with Gasteiger partial charge in [-0.15, -0.1) is 10.2 Å². The Hall–Kier alpha value is -2.84. The van der Waals surface area contributed by atoms with Gasteiger partial charge in [0.1, 0.15) is 5.25 Å². The highest BCUT2D eigenvalue weighted by molar-refractivity contribution is 8.00. The van der Waals surface area contributed by atoms with E-state index >= 15 is 0 Å². The summed E-state index contributed by atoms with van der Waals surface area (Å²) >= 11 is 1.46. The van der Waals surface area contributed by atoms with Crippen molar-refractivity contribution in [3.05, 3.63) is 65.7 Å². The summed E-state index contributed by atoms with van der Waals surface area (Å²) in [4.78, 5) is 15.9. The maximum absolute atomic E-state index is 13.5. The second-order valence-electron chi connectivity index (χ2n) is 9.34. The number of carbonyl (C=O) groups excluding carboxylic acids is 1. The van der Waals surface area contributed by atoms with Crippen molar-refractivity contribution < 1.29 is 9.53 Å². The second kappa shape index (κ2) is 11.3. The molecule has 2 saturated heterocycles. The molecule has 0 radical (unpaired) electrons. The topological polar surface area (TPSA) is 72.3 Å². The van der Waals surface area contributed by atoms with Crippen LogP contribution in [0.25, 0.3) is 0 Å². The van der Waals surface area contributed by atoms with E-state index in [0.717, 1.165) is 60.5 Å². The molecule has 8 heteroatoms. The standard InChI is InChI=1S/C27H33N5O2S/c1-20-12-14-22(15-13-20)28-25(33)24(21-9-4-2-5-10-21)35-27-30-29-26(31-16-6-3-7-17-31)32(27)19-23-11-8-18-34-23/h2,4-5,9-10,12-15,23-24H,3,6-8,11,16-19H2,1H3,(H,28,33)/t23-,24+/m0/s1. The Kier molecular flexibility index (Phi) is 7.69. The Morgan fingerprint density at radius 3 is 2.54 bits per heavy atom. The van der Waals surface area contributed by atoms with E-state index in [9.17, 15) is 4.79 Å². The number of ether oxygens (including phenoxy) is 1. The quantitative estimate of drug-likeness (QED) is 0.435. The molecule has 2 aliphatic heterocycles. The van der Waals surface area contributed by atoms with Gasteiger partial charge in [-0.3, -0.25) is 9.36 Å². The van der Waals surface area contributed by atoms with Crippen LogP contribution in [0.15, 0.2) is 59.8 Å². The molecule has 2 fully saturated rings. The maximum Gasteiger partial charge on any atom is 0.242 e. The number of piperidine rings is 1. The van der Waals surface area contributed by atoms with E-state index in [-0.39, 0.29) is 12.0 Å². The Balaban J connectivity index is 1.44. The second-order valence-corrected chi connectivity index (χ2v) is 10.4. The van der Waals surface area contributed by atoms with Crippen LogP contribution in [-0.2, 0) is 16.1 Å². The minimum Gasteiger partial charge on any atom is -0.376 e. The van der Waals surface area contributed by atoms with Crippen LogP contribution < -0.4 is 10.2 Å². The number of benzene rings is 2. The van der Waals surface area contributed by atoms with Crippen molar-refractivity contribution in [2.24, 2.45) is 0 Å². The van der Waals surface area contributed by atoms with Gasteiger partial charge in [0.05, 0.1) is 12.6 Å². The molecule has 184 valence electrons. The normalized spacial score (nSPS) is 19.0. The van der Waals surface area contributed by atoms with Gasteiger partial charge in [-0.1, -0.05) is 59.8 Å². The highest BCUT2D eigenvalue weighted by atomic mass is 32.2. The average Bonchev–Trinajstić information content (AvgIpc) is 3.55. The number of aromatic nitrogens is 3. The third kappa shape index (κ3) is 5.87. The molecule has 1 amide bonds. The van der Waals surface area contributed by atoms with Gasteiger partial charge < -0.3 is 15.0 Å². The molecule has 0 aliphatic carbocycles. The Bertz CT molecular complexity index is 1110. The number of carbonyl (C=O) groups is 1. The van der Waals surface area contributed by atoms with Gasteiger partial charge in [-0.05, 0) is 56.7 Å². The molecule has 1 N–H and O–H groups in total. The summed E-state index contributed by atoms with van der Waals surface area (Å²) in [5.74, 6) is 0.824. The van der Waals surface area contributed by atoms with E-state index < -0.39 is 5.25 Å². The lowest BCUT2D eigenvalue weighted by atomic mass is 10.1. The van der Waals surface area contributed by atoms with E-state index in [1.54, 1.807) is 0 Å². The lowest BCUT2D eigenvalue weighted by Crippen LogP contribution is -2.33. The van der Waals surface area contributed by atoms with Crippen molar-refractivity contribution in [2.45, 2.75) is 62.1 Å². The molecular formula is C27H33N5O2S. The first kappa shape index (κ1) is 23.9. The third-order valence-corrected chi connectivity index (χ3v) is 7.86. The Morgan fingerprint density at radius 2 is 1.83 bits per heavy atom. The first-order chi connectivity index (χ1) is 17.2. The van der Waals surface area contributed by atoms with Gasteiger partial charge in [0.15, 0.2) is 5.16 Å². The molecule has 2 aromatic carbocycles. The molecule has 7 nitrogen and oxygen atoms in total. The van der Waals surface area contributed by atoms with Crippen LogP contribution in [0.1, 0.15) is 48.5 Å². The number of thioether (sulfide) groups is 1. The third-order valence-electron chi connectivity index (χ3n) is 6.63. The lowest BCUT2D eigenvalue weighted by Gasteiger charge is -2.28. The number of nitrogens with one attached hydrogen (secondary N) is 1. The minimum atomic E-state index is -0.459. The number of hydrogen-bond donors (Lipinski definition) is 1. The van der Waals surface area contributed by atoms with Crippen LogP contribution in [0, 0.1) is 6.92 Å². The summed E-state index contributed by atoms with van der Waals surface area (Å²) in [5.41, 5.74) is 2.88. The summed E-state index contributed by atoms with van der Waals surface area (Å²) in [6.07, 6.45) is 5.87. The molecule has 0 spiro atoms. The van der Waals surface area contributed by atoms with Crippen LogP contribution in [0.3, 0.4) is 0 Å². The van der Waals surface area contributed by atoms with Crippen molar-refractivity contribution in [3.63, 3.8) is 0 Å². The predicted molar refractivity (Wildman–Crippen MR) is 140 cm³/mol. The fraction of sp³-hybridized carbons (Fsp3) is 0.444. The molecule has 0 bridgehead atoms. The molecule has 1 aromatic heterocycles. The summed E-state index contributed by atoms with van der Waals surface area (Å²) in [6.45, 7) is 5.53.